The average molecular weight is 370 g/mol. The third-order valence-electron chi connectivity index (χ3n) is 4.83. The number of benzene rings is 2. The second kappa shape index (κ2) is 8.66. The first-order chi connectivity index (χ1) is 13.1. The van der Waals surface area contributed by atoms with Crippen molar-refractivity contribution in [3.8, 4) is 5.75 Å². The number of para-hydroxylation sites is 1. The van der Waals surface area contributed by atoms with E-state index in [1.54, 1.807) is 24.1 Å². The molecule has 27 heavy (non-hydrogen) atoms. The van der Waals surface area contributed by atoms with Crippen LogP contribution >= 0.6 is 0 Å². The lowest BCUT2D eigenvalue weighted by atomic mass is 9.96. The number of carbonyl (C=O) groups excluding carboxylic acids is 2. The number of nitrogens with one attached hydrogen (secondary N) is 1. The van der Waals surface area contributed by atoms with E-state index in [9.17, 15) is 14.0 Å². The average Bonchev–Trinajstić information content (AvgIpc) is 2.72. The third kappa shape index (κ3) is 4.45. The Morgan fingerprint density at radius 1 is 1.19 bits per heavy atom. The van der Waals surface area contributed by atoms with Crippen LogP contribution in [0.3, 0.4) is 0 Å². The minimum Gasteiger partial charge on any atom is -0.496 e. The van der Waals surface area contributed by atoms with Gasteiger partial charge in [0.2, 0.25) is 5.91 Å². The van der Waals surface area contributed by atoms with Gasteiger partial charge in [0.15, 0.2) is 0 Å². The highest BCUT2D eigenvalue weighted by molar-refractivity contribution is 5.95. The molecule has 1 heterocycles. The third-order valence-corrected chi connectivity index (χ3v) is 4.83. The van der Waals surface area contributed by atoms with Gasteiger partial charge >= 0.3 is 0 Å². The van der Waals surface area contributed by atoms with Crippen LogP contribution in [0.25, 0.3) is 0 Å². The Morgan fingerprint density at radius 3 is 2.70 bits per heavy atom. The molecule has 5 nitrogen and oxygen atoms in total. The van der Waals surface area contributed by atoms with Crippen molar-refractivity contribution in [2.75, 3.05) is 20.2 Å². The summed E-state index contributed by atoms with van der Waals surface area (Å²) in [5, 5.41) is 2.92. The summed E-state index contributed by atoms with van der Waals surface area (Å²) in [7, 11) is 1.59. The van der Waals surface area contributed by atoms with E-state index in [-0.39, 0.29) is 23.3 Å². The van der Waals surface area contributed by atoms with Crippen molar-refractivity contribution in [2.45, 2.75) is 19.4 Å². The largest absolute Gasteiger partial charge is 0.496 e. The van der Waals surface area contributed by atoms with E-state index in [4.69, 9.17) is 4.74 Å². The molecule has 2 amide bonds. The summed E-state index contributed by atoms with van der Waals surface area (Å²) in [6, 6.07) is 13.4. The Kier molecular flexibility index (Phi) is 6.06. The fraction of sp³-hybridized carbons (Fsp3) is 0.333. The van der Waals surface area contributed by atoms with Crippen molar-refractivity contribution in [2.24, 2.45) is 5.92 Å². The summed E-state index contributed by atoms with van der Waals surface area (Å²) in [5.41, 5.74) is 0.941. The summed E-state index contributed by atoms with van der Waals surface area (Å²) in [5.74, 6) is -0.588. The number of carbonyl (C=O) groups is 2. The monoisotopic (exact) mass is 370 g/mol. The summed E-state index contributed by atoms with van der Waals surface area (Å²) in [4.78, 5) is 26.7. The number of piperidine rings is 1. The molecule has 0 unspecified atom stereocenters. The predicted octanol–water partition coefficient (Wildman–Crippen LogP) is 3.00. The van der Waals surface area contributed by atoms with Crippen molar-refractivity contribution in [1.29, 1.82) is 0 Å². The highest BCUT2D eigenvalue weighted by atomic mass is 19.1. The number of likely N-dealkylation sites (tertiary alicyclic amines) is 1. The van der Waals surface area contributed by atoms with Gasteiger partial charge in [-0.25, -0.2) is 4.39 Å². The smallest absolute Gasteiger partial charge is 0.256 e. The number of rotatable bonds is 5. The highest BCUT2D eigenvalue weighted by Gasteiger charge is 2.29. The van der Waals surface area contributed by atoms with Crippen molar-refractivity contribution in [1.82, 2.24) is 10.2 Å². The van der Waals surface area contributed by atoms with Crippen LogP contribution in [0.2, 0.25) is 0 Å². The maximum atomic E-state index is 13.9. The van der Waals surface area contributed by atoms with Crippen molar-refractivity contribution >= 4 is 11.8 Å². The van der Waals surface area contributed by atoms with Crippen LogP contribution in [0, 0.1) is 11.7 Å². The molecular formula is C21H23FN2O3. The lowest BCUT2D eigenvalue weighted by molar-refractivity contribution is -0.126. The van der Waals surface area contributed by atoms with E-state index >= 15 is 0 Å². The number of hydrogen-bond acceptors (Lipinski definition) is 3. The molecule has 2 aromatic carbocycles. The lowest BCUT2D eigenvalue weighted by Crippen LogP contribution is -2.45. The molecule has 6 heteroatoms. The standard InChI is InChI=1S/C21H23FN2O3/c1-27-19-11-5-2-7-15(19)13-23-20(25)16-8-6-12-24(14-16)21(26)17-9-3-4-10-18(17)22/h2-5,7,9-11,16H,6,8,12-14H2,1H3,(H,23,25)/t16-/m1/s1. The van der Waals surface area contributed by atoms with E-state index in [2.05, 4.69) is 5.32 Å². The SMILES string of the molecule is COc1ccccc1CNC(=O)[C@@H]1CCCN(C(=O)c2ccccc2F)C1. The van der Waals surface area contributed by atoms with Crippen molar-refractivity contribution < 1.29 is 18.7 Å². The van der Waals surface area contributed by atoms with Crippen LogP contribution in [0.4, 0.5) is 4.39 Å². The van der Waals surface area contributed by atoms with Crippen molar-refractivity contribution in [3.63, 3.8) is 0 Å². The number of nitrogens with zero attached hydrogens (tertiary/aromatic N) is 1. The summed E-state index contributed by atoms with van der Waals surface area (Å²) in [6.45, 7) is 1.19. The predicted molar refractivity (Wildman–Crippen MR) is 99.9 cm³/mol. The number of ether oxygens (including phenoxy) is 1. The van der Waals surface area contributed by atoms with Gasteiger partial charge in [-0.05, 0) is 31.0 Å². The molecule has 2 aromatic rings. The molecule has 1 aliphatic heterocycles. The number of hydrogen-bond donors (Lipinski definition) is 1. The van der Waals surface area contributed by atoms with Crippen molar-refractivity contribution in [3.05, 3.63) is 65.5 Å². The molecule has 142 valence electrons. The Morgan fingerprint density at radius 2 is 1.93 bits per heavy atom. The van der Waals surface area contributed by atoms with Crippen LogP contribution in [0.5, 0.6) is 5.75 Å². The van der Waals surface area contributed by atoms with Gasteiger partial charge in [0, 0.05) is 25.2 Å². The zero-order chi connectivity index (χ0) is 19.2. The minimum absolute atomic E-state index is 0.0487. The lowest BCUT2D eigenvalue weighted by Gasteiger charge is -2.32. The first-order valence-electron chi connectivity index (χ1n) is 9.03. The van der Waals surface area contributed by atoms with Gasteiger partial charge in [-0.2, -0.15) is 0 Å². The summed E-state index contributed by atoms with van der Waals surface area (Å²) >= 11 is 0. The van der Waals surface area contributed by atoms with Crippen LogP contribution in [-0.2, 0) is 11.3 Å². The highest BCUT2D eigenvalue weighted by Crippen LogP contribution is 2.21. The molecule has 3 rings (SSSR count). The Labute approximate surface area is 158 Å². The van der Waals surface area contributed by atoms with Gasteiger partial charge in [0.1, 0.15) is 11.6 Å². The number of methoxy groups -OCH3 is 1. The molecule has 0 spiro atoms. The number of amides is 2. The van der Waals surface area contributed by atoms with E-state index < -0.39 is 5.82 Å². The second-order valence-corrected chi connectivity index (χ2v) is 6.60. The van der Waals surface area contributed by atoms with E-state index in [0.717, 1.165) is 11.3 Å². The molecule has 1 aliphatic rings. The molecule has 1 saturated heterocycles. The van der Waals surface area contributed by atoms with Gasteiger partial charge in [0.25, 0.3) is 5.91 Å². The molecule has 1 N–H and O–H groups in total. The van der Waals surface area contributed by atoms with Crippen LogP contribution in [-0.4, -0.2) is 36.9 Å². The zero-order valence-electron chi connectivity index (χ0n) is 15.3. The first kappa shape index (κ1) is 18.9. The van der Waals surface area contributed by atoms with Gasteiger partial charge in [-0.15, -0.1) is 0 Å². The molecule has 1 fully saturated rings. The van der Waals surface area contributed by atoms with Crippen LogP contribution in [0.1, 0.15) is 28.8 Å². The summed E-state index contributed by atoms with van der Waals surface area (Å²) < 4.78 is 19.2. The first-order valence-corrected chi connectivity index (χ1v) is 9.03. The minimum atomic E-state index is -0.537. The molecule has 1 atom stereocenters. The number of halogens is 1. The second-order valence-electron chi connectivity index (χ2n) is 6.60. The van der Waals surface area contributed by atoms with E-state index in [1.165, 1.54) is 12.1 Å². The topological polar surface area (TPSA) is 58.6 Å². The summed E-state index contributed by atoms with van der Waals surface area (Å²) in [6.07, 6.45) is 1.42. The fourth-order valence-corrected chi connectivity index (χ4v) is 3.36. The molecule has 0 saturated carbocycles. The Hall–Kier alpha value is -2.89. The molecule has 0 aliphatic carbocycles. The van der Waals surface area contributed by atoms with Gasteiger partial charge < -0.3 is 15.0 Å². The zero-order valence-corrected chi connectivity index (χ0v) is 15.3. The maximum absolute atomic E-state index is 13.9. The van der Waals surface area contributed by atoms with Gasteiger partial charge in [0.05, 0.1) is 18.6 Å². The normalized spacial score (nSPS) is 16.7. The quantitative estimate of drug-likeness (QED) is 0.880. The maximum Gasteiger partial charge on any atom is 0.256 e. The van der Waals surface area contributed by atoms with Crippen LogP contribution in [0.15, 0.2) is 48.5 Å². The molecular weight excluding hydrogens is 347 g/mol. The van der Waals surface area contributed by atoms with Gasteiger partial charge in [-0.3, -0.25) is 9.59 Å². The molecule has 0 radical (unpaired) electrons. The molecule has 0 bridgehead atoms. The Bertz CT molecular complexity index is 825. The van der Waals surface area contributed by atoms with Crippen LogP contribution < -0.4 is 10.1 Å². The fourth-order valence-electron chi connectivity index (χ4n) is 3.36. The molecule has 0 aromatic heterocycles. The van der Waals surface area contributed by atoms with E-state index in [1.807, 2.05) is 24.3 Å². The van der Waals surface area contributed by atoms with Gasteiger partial charge in [-0.1, -0.05) is 30.3 Å². The Balaban J connectivity index is 1.61. The van der Waals surface area contributed by atoms with E-state index in [0.29, 0.717) is 32.5 Å².